The summed E-state index contributed by atoms with van der Waals surface area (Å²) in [5, 5.41) is 0.558. The number of esters is 1. The number of anilines is 1. The first kappa shape index (κ1) is 16.4. The summed E-state index contributed by atoms with van der Waals surface area (Å²) >= 11 is 1.46. The van der Waals surface area contributed by atoms with Gasteiger partial charge in [-0.05, 0) is 44.5 Å². The van der Waals surface area contributed by atoms with Gasteiger partial charge in [-0.25, -0.2) is 4.98 Å². The molecule has 0 aliphatic heterocycles. The molecule has 0 aliphatic rings. The molecule has 0 fully saturated rings. The Morgan fingerprint density at radius 1 is 1.21 bits per heavy atom. The number of hydrogen-bond acceptors (Lipinski definition) is 6. The summed E-state index contributed by atoms with van der Waals surface area (Å²) in [4.78, 5) is 20.4. The zero-order valence-electron chi connectivity index (χ0n) is 13.9. The lowest BCUT2D eigenvalue weighted by Gasteiger charge is -2.16. The molecular weight excluding hydrogens is 322 g/mol. The minimum Gasteiger partial charge on any atom is -0.460 e. The van der Waals surface area contributed by atoms with Crippen LogP contribution in [0.4, 0.5) is 5.13 Å². The van der Waals surface area contributed by atoms with E-state index in [1.54, 1.807) is 12.4 Å². The Kier molecular flexibility index (Phi) is 4.24. The largest absolute Gasteiger partial charge is 0.460 e. The van der Waals surface area contributed by atoms with Gasteiger partial charge in [-0.3, -0.25) is 9.78 Å². The van der Waals surface area contributed by atoms with Gasteiger partial charge in [-0.2, -0.15) is 0 Å². The van der Waals surface area contributed by atoms with Crippen molar-refractivity contribution in [2.45, 2.75) is 27.4 Å². The number of nitrogens with two attached hydrogens (primary N) is 1. The highest BCUT2D eigenvalue weighted by atomic mass is 32.1. The highest BCUT2D eigenvalue weighted by molar-refractivity contribution is 7.22. The molecule has 0 aliphatic carbocycles. The molecule has 0 spiro atoms. The first-order valence-electron chi connectivity index (χ1n) is 7.60. The molecule has 0 saturated carbocycles. The Balaban J connectivity index is 1.82. The standard InChI is InChI=1S/C18H19N3O2S/c1-18(2,3)16(22)23-10-11-6-13(9-20-8-11)12-4-5-14-15(7-12)24-17(19)21-14/h4-9H,10H2,1-3H3,(H2,19,21). The SMILES string of the molecule is CC(C)(C)C(=O)OCc1cncc(-c2ccc3nc(N)sc3c2)c1. The van der Waals surface area contributed by atoms with Gasteiger partial charge in [0.1, 0.15) is 6.61 Å². The van der Waals surface area contributed by atoms with Crippen LogP contribution in [0.15, 0.2) is 36.7 Å². The molecule has 0 radical (unpaired) electrons. The van der Waals surface area contributed by atoms with E-state index < -0.39 is 5.41 Å². The molecule has 6 heteroatoms. The lowest BCUT2D eigenvalue weighted by atomic mass is 9.97. The molecule has 1 aromatic carbocycles. The second-order valence-corrected chi connectivity index (χ2v) is 7.70. The molecule has 124 valence electrons. The zero-order chi connectivity index (χ0) is 17.3. The maximum absolute atomic E-state index is 11.9. The zero-order valence-corrected chi connectivity index (χ0v) is 14.7. The monoisotopic (exact) mass is 341 g/mol. The fraction of sp³-hybridized carbons (Fsp3) is 0.278. The van der Waals surface area contributed by atoms with Crippen molar-refractivity contribution in [3.8, 4) is 11.1 Å². The predicted molar refractivity (Wildman–Crippen MR) is 96.5 cm³/mol. The fourth-order valence-electron chi connectivity index (χ4n) is 2.21. The van der Waals surface area contributed by atoms with E-state index in [9.17, 15) is 4.79 Å². The fourth-order valence-corrected chi connectivity index (χ4v) is 2.99. The highest BCUT2D eigenvalue weighted by Crippen LogP contribution is 2.29. The Morgan fingerprint density at radius 2 is 2.00 bits per heavy atom. The number of hydrogen-bond donors (Lipinski definition) is 1. The molecule has 0 saturated heterocycles. The molecule has 2 N–H and O–H groups in total. The van der Waals surface area contributed by atoms with Crippen molar-refractivity contribution in [2.75, 3.05) is 5.73 Å². The third-order valence-corrected chi connectivity index (χ3v) is 4.36. The number of carbonyl (C=O) groups is 1. The highest BCUT2D eigenvalue weighted by Gasteiger charge is 2.22. The van der Waals surface area contributed by atoms with Gasteiger partial charge in [0, 0.05) is 23.5 Å². The topological polar surface area (TPSA) is 78.1 Å². The second-order valence-electron chi connectivity index (χ2n) is 6.64. The molecule has 0 bridgehead atoms. The second kappa shape index (κ2) is 6.20. The number of thiazole rings is 1. The minimum atomic E-state index is -0.512. The first-order chi connectivity index (χ1) is 11.3. The summed E-state index contributed by atoms with van der Waals surface area (Å²) in [7, 11) is 0. The lowest BCUT2D eigenvalue weighted by molar-refractivity contribution is -0.154. The molecular formula is C18H19N3O2S. The van der Waals surface area contributed by atoms with Crippen molar-refractivity contribution in [1.29, 1.82) is 0 Å². The molecule has 0 amide bonds. The van der Waals surface area contributed by atoms with Crippen LogP contribution in [0.1, 0.15) is 26.3 Å². The predicted octanol–water partition coefficient (Wildman–Crippen LogP) is 4.03. The molecule has 2 heterocycles. The Bertz CT molecular complexity index is 897. The van der Waals surface area contributed by atoms with Crippen molar-refractivity contribution in [1.82, 2.24) is 9.97 Å². The van der Waals surface area contributed by atoms with Crippen LogP contribution in [0.2, 0.25) is 0 Å². The van der Waals surface area contributed by atoms with Gasteiger partial charge in [0.15, 0.2) is 5.13 Å². The average molecular weight is 341 g/mol. The van der Waals surface area contributed by atoms with Crippen LogP contribution in [0.25, 0.3) is 21.3 Å². The van der Waals surface area contributed by atoms with Gasteiger partial charge in [0.2, 0.25) is 0 Å². The maximum Gasteiger partial charge on any atom is 0.311 e. The molecule has 3 aromatic rings. The number of nitrogens with zero attached hydrogens (tertiary/aromatic N) is 2. The normalized spacial score (nSPS) is 11.6. The third kappa shape index (κ3) is 3.54. The van der Waals surface area contributed by atoms with Crippen molar-refractivity contribution in [3.63, 3.8) is 0 Å². The Morgan fingerprint density at radius 3 is 2.75 bits per heavy atom. The van der Waals surface area contributed by atoms with Crippen molar-refractivity contribution < 1.29 is 9.53 Å². The summed E-state index contributed by atoms with van der Waals surface area (Å²) in [5.41, 5.74) is 8.99. The number of rotatable bonds is 3. The average Bonchev–Trinajstić information content (AvgIpc) is 2.91. The van der Waals surface area contributed by atoms with Crippen molar-refractivity contribution in [3.05, 3.63) is 42.2 Å². The molecule has 5 nitrogen and oxygen atoms in total. The van der Waals surface area contributed by atoms with Gasteiger partial charge in [-0.1, -0.05) is 17.4 Å². The van der Waals surface area contributed by atoms with E-state index in [-0.39, 0.29) is 12.6 Å². The van der Waals surface area contributed by atoms with E-state index in [4.69, 9.17) is 10.5 Å². The number of pyridine rings is 1. The van der Waals surface area contributed by atoms with E-state index >= 15 is 0 Å². The van der Waals surface area contributed by atoms with Crippen LogP contribution in [0.5, 0.6) is 0 Å². The summed E-state index contributed by atoms with van der Waals surface area (Å²) < 4.78 is 6.39. The van der Waals surface area contributed by atoms with E-state index in [1.165, 1.54) is 11.3 Å². The van der Waals surface area contributed by atoms with Crippen molar-refractivity contribution >= 4 is 32.7 Å². The van der Waals surface area contributed by atoms with Crippen LogP contribution in [0.3, 0.4) is 0 Å². The van der Waals surface area contributed by atoms with Crippen LogP contribution < -0.4 is 5.73 Å². The van der Waals surface area contributed by atoms with Gasteiger partial charge in [0.05, 0.1) is 15.6 Å². The van der Waals surface area contributed by atoms with Gasteiger partial charge in [-0.15, -0.1) is 0 Å². The van der Waals surface area contributed by atoms with Gasteiger partial charge in [0.25, 0.3) is 0 Å². The van der Waals surface area contributed by atoms with Crippen LogP contribution in [-0.2, 0) is 16.1 Å². The van der Waals surface area contributed by atoms with E-state index in [0.717, 1.165) is 26.9 Å². The number of aromatic nitrogens is 2. The molecule has 0 unspecified atom stereocenters. The van der Waals surface area contributed by atoms with Crippen LogP contribution in [-0.4, -0.2) is 15.9 Å². The number of benzene rings is 1. The number of carbonyl (C=O) groups excluding carboxylic acids is 1. The van der Waals surface area contributed by atoms with Gasteiger partial charge >= 0.3 is 5.97 Å². The summed E-state index contributed by atoms with van der Waals surface area (Å²) in [6.45, 7) is 5.71. The Labute approximate surface area is 144 Å². The Hall–Kier alpha value is -2.47. The summed E-state index contributed by atoms with van der Waals surface area (Å²) in [6.07, 6.45) is 3.50. The van der Waals surface area contributed by atoms with Gasteiger partial charge < -0.3 is 10.5 Å². The third-order valence-electron chi connectivity index (χ3n) is 3.52. The van der Waals surface area contributed by atoms with E-state index in [1.807, 2.05) is 45.0 Å². The smallest absolute Gasteiger partial charge is 0.311 e. The summed E-state index contributed by atoms with van der Waals surface area (Å²) in [6, 6.07) is 7.97. The van der Waals surface area contributed by atoms with E-state index in [2.05, 4.69) is 9.97 Å². The van der Waals surface area contributed by atoms with Crippen LogP contribution >= 0.6 is 11.3 Å². The van der Waals surface area contributed by atoms with E-state index in [0.29, 0.717) is 5.13 Å². The molecule has 3 rings (SSSR count). The number of ether oxygens (including phenoxy) is 1. The molecule has 2 aromatic heterocycles. The maximum atomic E-state index is 11.9. The quantitative estimate of drug-likeness (QED) is 0.728. The summed E-state index contributed by atoms with van der Waals surface area (Å²) in [5.74, 6) is -0.227. The van der Waals surface area contributed by atoms with Crippen molar-refractivity contribution in [2.24, 2.45) is 5.41 Å². The molecule has 0 atom stereocenters. The molecule has 24 heavy (non-hydrogen) atoms. The first-order valence-corrected chi connectivity index (χ1v) is 8.42. The number of nitrogen functional groups attached to an aromatic ring is 1. The minimum absolute atomic E-state index is 0.215. The van der Waals surface area contributed by atoms with Crippen LogP contribution in [0, 0.1) is 5.41 Å². The lowest BCUT2D eigenvalue weighted by Crippen LogP contribution is -2.22. The number of fused-ring (bicyclic) bond motifs is 1.